The molecule has 0 unspecified atom stereocenters. The van der Waals surface area contributed by atoms with E-state index in [1.165, 1.54) is 16.2 Å². The molecule has 0 saturated carbocycles. The van der Waals surface area contributed by atoms with Crippen LogP contribution in [0, 0.1) is 0 Å². The number of hydrogen-bond acceptors (Lipinski definition) is 7. The van der Waals surface area contributed by atoms with Crippen molar-refractivity contribution in [1.82, 2.24) is 4.90 Å². The minimum absolute atomic E-state index is 0.143. The number of carbonyl (C=O) groups excluding carboxylic acids is 2. The average molecular weight is 461 g/mol. The van der Waals surface area contributed by atoms with Crippen molar-refractivity contribution in [1.29, 1.82) is 0 Å². The fourth-order valence-corrected chi connectivity index (χ4v) is 5.20. The van der Waals surface area contributed by atoms with E-state index in [1.807, 2.05) is 36.9 Å². The molecule has 0 atom stereocenters. The predicted molar refractivity (Wildman–Crippen MR) is 126 cm³/mol. The first-order valence-corrected chi connectivity index (χ1v) is 12.0. The van der Waals surface area contributed by atoms with Gasteiger partial charge in [0.25, 0.3) is 0 Å². The monoisotopic (exact) mass is 460 g/mol. The van der Waals surface area contributed by atoms with Crippen LogP contribution in [0.15, 0.2) is 18.2 Å². The van der Waals surface area contributed by atoms with Gasteiger partial charge in [-0.3, -0.25) is 9.69 Å². The molecule has 1 aliphatic carbocycles. The van der Waals surface area contributed by atoms with Gasteiger partial charge in [0.2, 0.25) is 5.91 Å². The van der Waals surface area contributed by atoms with Gasteiger partial charge in [-0.15, -0.1) is 11.3 Å². The second-order valence-electron chi connectivity index (χ2n) is 7.55. The van der Waals surface area contributed by atoms with Crippen LogP contribution >= 0.6 is 11.3 Å². The molecule has 32 heavy (non-hydrogen) atoms. The molecule has 0 radical (unpaired) electrons. The number of aryl methyl sites for hydroxylation is 1. The number of thiophene rings is 1. The van der Waals surface area contributed by atoms with E-state index in [4.69, 9.17) is 14.2 Å². The van der Waals surface area contributed by atoms with Crippen molar-refractivity contribution in [2.24, 2.45) is 0 Å². The van der Waals surface area contributed by atoms with Crippen molar-refractivity contribution in [3.63, 3.8) is 0 Å². The molecule has 1 aliphatic rings. The smallest absolute Gasteiger partial charge is 0.341 e. The molecule has 0 spiro atoms. The fraction of sp³-hybridized carbons (Fsp3) is 0.500. The van der Waals surface area contributed by atoms with Crippen LogP contribution < -0.4 is 14.8 Å². The van der Waals surface area contributed by atoms with Gasteiger partial charge in [0.05, 0.1) is 32.4 Å². The Labute approximate surface area is 193 Å². The lowest BCUT2D eigenvalue weighted by Gasteiger charge is -2.21. The summed E-state index contributed by atoms with van der Waals surface area (Å²) in [7, 11) is 1.62. The first kappa shape index (κ1) is 24.1. The molecule has 1 aromatic carbocycles. The van der Waals surface area contributed by atoms with Gasteiger partial charge in [0, 0.05) is 11.4 Å². The van der Waals surface area contributed by atoms with Crippen molar-refractivity contribution in [2.45, 2.75) is 46.6 Å². The highest BCUT2D eigenvalue weighted by molar-refractivity contribution is 7.17. The number of amides is 1. The number of methoxy groups -OCH3 is 1. The van der Waals surface area contributed by atoms with E-state index in [2.05, 4.69) is 5.32 Å². The van der Waals surface area contributed by atoms with Crippen molar-refractivity contribution >= 4 is 28.2 Å². The second kappa shape index (κ2) is 11.3. The number of carbonyl (C=O) groups is 2. The van der Waals surface area contributed by atoms with Crippen LogP contribution in [0.2, 0.25) is 0 Å². The van der Waals surface area contributed by atoms with Crippen molar-refractivity contribution in [3.05, 3.63) is 39.8 Å². The Balaban J connectivity index is 1.68. The summed E-state index contributed by atoms with van der Waals surface area (Å²) in [6.45, 7) is 8.13. The number of benzene rings is 1. The second-order valence-corrected chi connectivity index (χ2v) is 8.66. The Morgan fingerprint density at radius 1 is 1.12 bits per heavy atom. The SMILES string of the molecule is CCOC(=O)c1c(NC(=O)CN(CC)Cc2ccc(OCC)c(OC)c2)sc2c1CCC2. The van der Waals surface area contributed by atoms with Crippen LogP contribution in [0.4, 0.5) is 5.00 Å². The lowest BCUT2D eigenvalue weighted by molar-refractivity contribution is -0.117. The van der Waals surface area contributed by atoms with Gasteiger partial charge in [-0.1, -0.05) is 13.0 Å². The van der Waals surface area contributed by atoms with Crippen LogP contribution in [0.1, 0.15) is 53.6 Å². The number of fused-ring (bicyclic) bond motifs is 1. The number of likely N-dealkylation sites (N-methyl/N-ethyl adjacent to an activating group) is 1. The minimum atomic E-state index is -0.351. The van der Waals surface area contributed by atoms with Crippen LogP contribution in [0.5, 0.6) is 11.5 Å². The summed E-state index contributed by atoms with van der Waals surface area (Å²) in [5.41, 5.74) is 2.61. The molecule has 7 nitrogen and oxygen atoms in total. The molecular weight excluding hydrogens is 428 g/mol. The highest BCUT2D eigenvalue weighted by Gasteiger charge is 2.28. The number of rotatable bonds is 11. The third-order valence-electron chi connectivity index (χ3n) is 5.40. The van der Waals surface area contributed by atoms with E-state index >= 15 is 0 Å². The predicted octanol–water partition coefficient (Wildman–Crippen LogP) is 4.28. The molecule has 0 aliphatic heterocycles. The highest BCUT2D eigenvalue weighted by Crippen LogP contribution is 2.39. The lowest BCUT2D eigenvalue weighted by atomic mass is 10.1. The summed E-state index contributed by atoms with van der Waals surface area (Å²) < 4.78 is 16.3. The number of anilines is 1. The van der Waals surface area contributed by atoms with Crippen LogP contribution in [0.3, 0.4) is 0 Å². The van der Waals surface area contributed by atoms with Gasteiger partial charge in [-0.05, 0) is 62.9 Å². The quantitative estimate of drug-likeness (QED) is 0.505. The third-order valence-corrected chi connectivity index (χ3v) is 6.61. The number of hydrogen-bond donors (Lipinski definition) is 1. The summed E-state index contributed by atoms with van der Waals surface area (Å²) in [4.78, 5) is 28.6. The van der Waals surface area contributed by atoms with E-state index in [0.717, 1.165) is 30.4 Å². The van der Waals surface area contributed by atoms with E-state index in [9.17, 15) is 9.59 Å². The van der Waals surface area contributed by atoms with Crippen molar-refractivity contribution in [3.8, 4) is 11.5 Å². The first-order chi connectivity index (χ1) is 15.5. The standard InChI is InChI=1S/C24H32N2O5S/c1-5-26(14-16-11-12-18(30-6-2)19(13-16)29-4)15-21(27)25-23-22(24(28)31-7-3)17-9-8-10-20(17)32-23/h11-13H,5-10,14-15H2,1-4H3,(H,25,27). The van der Waals surface area contributed by atoms with Crippen molar-refractivity contribution in [2.75, 3.05) is 38.7 Å². The summed E-state index contributed by atoms with van der Waals surface area (Å²) in [5, 5.41) is 3.58. The molecule has 1 amide bonds. The number of nitrogens with one attached hydrogen (secondary N) is 1. The lowest BCUT2D eigenvalue weighted by Crippen LogP contribution is -2.33. The van der Waals surface area contributed by atoms with Gasteiger partial charge in [-0.2, -0.15) is 0 Å². The summed E-state index contributed by atoms with van der Waals surface area (Å²) >= 11 is 1.50. The zero-order chi connectivity index (χ0) is 23.1. The molecule has 174 valence electrons. The summed E-state index contributed by atoms with van der Waals surface area (Å²) in [5.74, 6) is 0.889. The molecule has 1 aromatic heterocycles. The molecule has 0 bridgehead atoms. The normalized spacial score (nSPS) is 12.5. The molecule has 3 rings (SSSR count). The zero-order valence-corrected chi connectivity index (χ0v) is 20.1. The van der Waals surface area contributed by atoms with E-state index in [0.29, 0.717) is 48.4 Å². The maximum atomic E-state index is 12.9. The topological polar surface area (TPSA) is 77.1 Å². The van der Waals surface area contributed by atoms with E-state index < -0.39 is 0 Å². The Hall–Kier alpha value is -2.58. The maximum Gasteiger partial charge on any atom is 0.341 e. The largest absolute Gasteiger partial charge is 0.493 e. The van der Waals surface area contributed by atoms with Crippen LogP contribution in [-0.2, 0) is 28.9 Å². The molecule has 1 heterocycles. The molecule has 0 saturated heterocycles. The summed E-state index contributed by atoms with van der Waals surface area (Å²) in [6, 6.07) is 5.81. The van der Waals surface area contributed by atoms with Gasteiger partial charge < -0.3 is 19.5 Å². The first-order valence-electron chi connectivity index (χ1n) is 11.1. The van der Waals surface area contributed by atoms with Crippen molar-refractivity contribution < 1.29 is 23.8 Å². The molecule has 0 fully saturated rings. The average Bonchev–Trinajstić information content (AvgIpc) is 3.35. The fourth-order valence-electron chi connectivity index (χ4n) is 3.90. The van der Waals surface area contributed by atoms with E-state index in [1.54, 1.807) is 14.0 Å². The van der Waals surface area contributed by atoms with E-state index in [-0.39, 0.29) is 18.4 Å². The van der Waals surface area contributed by atoms with Crippen LogP contribution in [-0.4, -0.2) is 50.2 Å². The maximum absolute atomic E-state index is 12.9. The number of esters is 1. The highest BCUT2D eigenvalue weighted by atomic mass is 32.1. The molecule has 8 heteroatoms. The molecule has 1 N–H and O–H groups in total. The molecule has 2 aromatic rings. The Morgan fingerprint density at radius 3 is 2.62 bits per heavy atom. The Kier molecular flexibility index (Phi) is 8.53. The zero-order valence-electron chi connectivity index (χ0n) is 19.3. The van der Waals surface area contributed by atoms with Gasteiger partial charge >= 0.3 is 5.97 Å². The summed E-state index contributed by atoms with van der Waals surface area (Å²) in [6.07, 6.45) is 2.84. The van der Waals surface area contributed by atoms with Gasteiger partial charge in [0.1, 0.15) is 5.00 Å². The number of ether oxygens (including phenoxy) is 3. The van der Waals surface area contributed by atoms with Gasteiger partial charge in [-0.25, -0.2) is 4.79 Å². The minimum Gasteiger partial charge on any atom is -0.493 e. The Morgan fingerprint density at radius 2 is 1.94 bits per heavy atom. The third kappa shape index (κ3) is 5.61. The van der Waals surface area contributed by atoms with Gasteiger partial charge in [0.15, 0.2) is 11.5 Å². The van der Waals surface area contributed by atoms with Crippen LogP contribution in [0.25, 0.3) is 0 Å². The molecular formula is C24H32N2O5S. The number of nitrogens with zero attached hydrogens (tertiary/aromatic N) is 1. The Bertz CT molecular complexity index is 956.